The summed E-state index contributed by atoms with van der Waals surface area (Å²) in [4.78, 5) is 48.0. The molecule has 1 saturated heterocycles. The van der Waals surface area contributed by atoms with E-state index in [9.17, 15) is 19.2 Å². The zero-order chi connectivity index (χ0) is 17.9. The minimum atomic E-state index is -0.753. The molecule has 2 rings (SSSR count). The molecule has 0 unspecified atom stereocenters. The topological polar surface area (TPSA) is 117 Å². The molecule has 0 saturated carbocycles. The molecule has 1 aliphatic heterocycles. The van der Waals surface area contributed by atoms with Gasteiger partial charge in [-0.05, 0) is 0 Å². The molecule has 0 radical (unpaired) electrons. The summed E-state index contributed by atoms with van der Waals surface area (Å²) in [6.07, 6.45) is -0.539. The Bertz CT molecular complexity index is 741. The Morgan fingerprint density at radius 3 is 2.67 bits per heavy atom. The first kappa shape index (κ1) is 18.4. The van der Waals surface area contributed by atoms with Crippen LogP contribution in [0.25, 0.3) is 0 Å². The first-order chi connectivity index (χ1) is 11.3. The molecule has 10 heteroatoms. The Morgan fingerprint density at radius 2 is 2.08 bits per heavy atom. The normalized spacial score (nSPS) is 23.0. The average Bonchev–Trinajstić information content (AvgIpc) is 2.87. The standard InChI is InChI=1S/C14H17BrN2O7/c1-7(18)22-6-11-10(23-8(2)19)3-12(24-11)17-5-9(4-15)13(20)16-14(17)21/h5,10-12H,3-4,6H2,1-2H3,(H,16,20,21)/t10-,11+,12+/m0/s1. The van der Waals surface area contributed by atoms with Crippen LogP contribution in [-0.2, 0) is 29.1 Å². The summed E-state index contributed by atoms with van der Waals surface area (Å²) in [5.41, 5.74) is -0.769. The van der Waals surface area contributed by atoms with Crippen molar-refractivity contribution in [3.05, 3.63) is 32.6 Å². The molecule has 0 bridgehead atoms. The minimum absolute atomic E-state index is 0.104. The monoisotopic (exact) mass is 404 g/mol. The SMILES string of the molecule is CC(=O)OC[C@H]1O[C@@H](n2cc(CBr)c(=O)[nH]c2=O)C[C@@H]1OC(C)=O. The predicted octanol–water partition coefficient (Wildman–Crippen LogP) is 0.214. The van der Waals surface area contributed by atoms with Crippen LogP contribution in [-0.4, -0.2) is 40.3 Å². The molecular weight excluding hydrogens is 388 g/mol. The number of carbonyl (C=O) groups is 2. The Kier molecular flexibility index (Phi) is 5.94. The van der Waals surface area contributed by atoms with Gasteiger partial charge in [0, 0.05) is 37.4 Å². The molecule has 0 spiro atoms. The van der Waals surface area contributed by atoms with E-state index in [1.165, 1.54) is 24.6 Å². The fraction of sp³-hybridized carbons (Fsp3) is 0.571. The zero-order valence-electron chi connectivity index (χ0n) is 13.1. The molecule has 24 heavy (non-hydrogen) atoms. The number of rotatable bonds is 5. The minimum Gasteiger partial charge on any atom is -0.463 e. The van der Waals surface area contributed by atoms with Crippen LogP contribution in [0.2, 0.25) is 0 Å². The van der Waals surface area contributed by atoms with E-state index >= 15 is 0 Å². The van der Waals surface area contributed by atoms with Crippen molar-refractivity contribution in [2.75, 3.05) is 6.61 Å². The van der Waals surface area contributed by atoms with Gasteiger partial charge in [-0.3, -0.25) is 23.9 Å². The maximum Gasteiger partial charge on any atom is 0.330 e. The highest BCUT2D eigenvalue weighted by Crippen LogP contribution is 2.30. The van der Waals surface area contributed by atoms with Gasteiger partial charge in [0.05, 0.1) is 0 Å². The van der Waals surface area contributed by atoms with Crippen molar-refractivity contribution in [1.29, 1.82) is 0 Å². The highest BCUT2D eigenvalue weighted by Gasteiger charge is 2.39. The number of alkyl halides is 1. The van der Waals surface area contributed by atoms with Crippen LogP contribution in [0.4, 0.5) is 0 Å². The van der Waals surface area contributed by atoms with Crippen molar-refractivity contribution < 1.29 is 23.8 Å². The number of ether oxygens (including phenoxy) is 3. The van der Waals surface area contributed by atoms with Gasteiger partial charge >= 0.3 is 17.6 Å². The lowest BCUT2D eigenvalue weighted by molar-refractivity contribution is -0.155. The number of aromatic nitrogens is 2. The van der Waals surface area contributed by atoms with Gasteiger partial charge in [-0.25, -0.2) is 4.79 Å². The molecule has 0 aliphatic carbocycles. The van der Waals surface area contributed by atoms with Crippen molar-refractivity contribution >= 4 is 27.9 Å². The third-order valence-electron chi connectivity index (χ3n) is 3.44. The Labute approximate surface area is 145 Å². The average molecular weight is 405 g/mol. The molecule has 1 aromatic heterocycles. The summed E-state index contributed by atoms with van der Waals surface area (Å²) < 4.78 is 17.0. The second-order valence-electron chi connectivity index (χ2n) is 5.27. The Balaban J connectivity index is 2.25. The quantitative estimate of drug-likeness (QED) is 0.550. The second kappa shape index (κ2) is 7.75. The lowest BCUT2D eigenvalue weighted by atomic mass is 10.2. The molecule has 9 nitrogen and oxygen atoms in total. The Morgan fingerprint density at radius 1 is 1.38 bits per heavy atom. The van der Waals surface area contributed by atoms with Crippen molar-refractivity contribution in [3.63, 3.8) is 0 Å². The number of aromatic amines is 1. The van der Waals surface area contributed by atoms with Gasteiger partial charge in [-0.15, -0.1) is 0 Å². The molecule has 2 heterocycles. The van der Waals surface area contributed by atoms with E-state index in [2.05, 4.69) is 20.9 Å². The van der Waals surface area contributed by atoms with E-state index in [4.69, 9.17) is 14.2 Å². The first-order valence-electron chi connectivity index (χ1n) is 7.18. The van der Waals surface area contributed by atoms with Crippen LogP contribution in [0.5, 0.6) is 0 Å². The highest BCUT2D eigenvalue weighted by atomic mass is 79.9. The summed E-state index contributed by atoms with van der Waals surface area (Å²) in [5, 5.41) is 0.263. The molecule has 0 aromatic carbocycles. The van der Waals surface area contributed by atoms with E-state index in [1.807, 2.05) is 0 Å². The smallest absolute Gasteiger partial charge is 0.330 e. The lowest BCUT2D eigenvalue weighted by Gasteiger charge is -2.17. The number of nitrogens with one attached hydrogen (secondary N) is 1. The van der Waals surface area contributed by atoms with Crippen molar-refractivity contribution in [3.8, 4) is 0 Å². The lowest BCUT2D eigenvalue weighted by Crippen LogP contribution is -2.34. The number of halogens is 1. The molecule has 1 aromatic rings. The van der Waals surface area contributed by atoms with Gasteiger partial charge in [0.25, 0.3) is 5.56 Å². The number of hydrogen-bond donors (Lipinski definition) is 1. The number of carbonyl (C=O) groups excluding carboxylic acids is 2. The fourth-order valence-electron chi connectivity index (χ4n) is 2.39. The van der Waals surface area contributed by atoms with Gasteiger partial charge < -0.3 is 14.2 Å². The molecule has 132 valence electrons. The number of esters is 2. The maximum atomic E-state index is 12.0. The fourth-order valence-corrected chi connectivity index (χ4v) is 2.79. The molecule has 1 fully saturated rings. The van der Waals surface area contributed by atoms with Crippen LogP contribution >= 0.6 is 15.9 Å². The van der Waals surface area contributed by atoms with E-state index in [1.54, 1.807) is 0 Å². The second-order valence-corrected chi connectivity index (χ2v) is 5.83. The molecule has 3 atom stereocenters. The van der Waals surface area contributed by atoms with E-state index in [0.717, 1.165) is 0 Å². The maximum absolute atomic E-state index is 12.0. The van der Waals surface area contributed by atoms with Gasteiger partial charge in [-0.1, -0.05) is 15.9 Å². The molecule has 1 N–H and O–H groups in total. The molecule has 1 aliphatic rings. The van der Waals surface area contributed by atoms with E-state index < -0.39 is 41.6 Å². The summed E-state index contributed by atoms with van der Waals surface area (Å²) in [5.74, 6) is -1.00. The number of H-pyrrole nitrogens is 1. The largest absolute Gasteiger partial charge is 0.463 e. The van der Waals surface area contributed by atoms with Crippen LogP contribution in [0.15, 0.2) is 15.8 Å². The van der Waals surface area contributed by atoms with Gasteiger partial charge in [0.15, 0.2) is 0 Å². The van der Waals surface area contributed by atoms with Crippen molar-refractivity contribution in [1.82, 2.24) is 9.55 Å². The van der Waals surface area contributed by atoms with E-state index in [0.29, 0.717) is 5.56 Å². The van der Waals surface area contributed by atoms with Crippen LogP contribution in [0.1, 0.15) is 32.1 Å². The zero-order valence-corrected chi connectivity index (χ0v) is 14.7. The molecular formula is C14H17BrN2O7. The summed E-state index contributed by atoms with van der Waals surface area (Å²) in [7, 11) is 0. The van der Waals surface area contributed by atoms with Crippen LogP contribution in [0.3, 0.4) is 0 Å². The third kappa shape index (κ3) is 4.32. The van der Waals surface area contributed by atoms with Crippen LogP contribution in [0, 0.1) is 0 Å². The Hall–Kier alpha value is -1.94. The number of hydrogen-bond acceptors (Lipinski definition) is 7. The molecule has 0 amide bonds. The predicted molar refractivity (Wildman–Crippen MR) is 84.7 cm³/mol. The van der Waals surface area contributed by atoms with Gasteiger partial charge in [0.2, 0.25) is 0 Å². The highest BCUT2D eigenvalue weighted by molar-refractivity contribution is 9.08. The summed E-state index contributed by atoms with van der Waals surface area (Å²) in [6.45, 7) is 2.40. The van der Waals surface area contributed by atoms with Crippen molar-refractivity contribution in [2.45, 2.75) is 44.0 Å². The number of nitrogens with zero attached hydrogens (tertiary/aromatic N) is 1. The van der Waals surface area contributed by atoms with E-state index in [-0.39, 0.29) is 18.4 Å². The third-order valence-corrected chi connectivity index (χ3v) is 4.05. The van der Waals surface area contributed by atoms with Gasteiger partial charge in [0.1, 0.15) is 25.0 Å². The van der Waals surface area contributed by atoms with Crippen molar-refractivity contribution in [2.24, 2.45) is 0 Å². The summed E-state index contributed by atoms with van der Waals surface area (Å²) >= 11 is 3.17. The summed E-state index contributed by atoms with van der Waals surface area (Å²) in [6, 6.07) is 0. The van der Waals surface area contributed by atoms with Crippen LogP contribution < -0.4 is 11.2 Å². The van der Waals surface area contributed by atoms with Gasteiger partial charge in [-0.2, -0.15) is 0 Å². The first-order valence-corrected chi connectivity index (χ1v) is 8.30.